The SMILES string of the molecule is CCCCCCCCCCC/C=C\CCCCCC=CCCCCCCCCCCCCCCCC. The van der Waals surface area contributed by atoms with Gasteiger partial charge in [0.1, 0.15) is 0 Å². The molecule has 0 atom stereocenters. The van der Waals surface area contributed by atoms with E-state index >= 15 is 0 Å². The fraction of sp³-hybridized carbons (Fsp3) is 0.889. The van der Waals surface area contributed by atoms with Gasteiger partial charge in [-0.3, -0.25) is 0 Å². The zero-order chi connectivity index (χ0) is 26.0. The highest BCUT2D eigenvalue weighted by Crippen LogP contribution is 2.14. The average molecular weight is 503 g/mol. The molecule has 0 aromatic carbocycles. The Morgan fingerprint density at radius 1 is 0.222 bits per heavy atom. The van der Waals surface area contributed by atoms with Crippen LogP contribution in [0.15, 0.2) is 24.3 Å². The summed E-state index contributed by atoms with van der Waals surface area (Å²) in [4.78, 5) is 0. The van der Waals surface area contributed by atoms with Gasteiger partial charge in [-0.15, -0.1) is 0 Å². The van der Waals surface area contributed by atoms with Gasteiger partial charge in [0, 0.05) is 0 Å². The van der Waals surface area contributed by atoms with Crippen molar-refractivity contribution < 1.29 is 0 Å². The first-order chi connectivity index (χ1) is 17.9. The van der Waals surface area contributed by atoms with Crippen LogP contribution in [0.25, 0.3) is 0 Å². The zero-order valence-corrected chi connectivity index (χ0v) is 25.5. The summed E-state index contributed by atoms with van der Waals surface area (Å²) in [6, 6.07) is 0. The predicted octanol–water partition coefficient (Wildman–Crippen LogP) is 13.8. The Bertz CT molecular complexity index is 418. The van der Waals surface area contributed by atoms with Gasteiger partial charge < -0.3 is 0 Å². The first-order valence-electron chi connectivity index (χ1n) is 17.2. The van der Waals surface area contributed by atoms with E-state index in [1.807, 2.05) is 0 Å². The lowest BCUT2D eigenvalue weighted by Gasteiger charge is -2.02. The second kappa shape index (κ2) is 34.5. The molecule has 0 heteroatoms. The summed E-state index contributed by atoms with van der Waals surface area (Å²) in [6.45, 7) is 4.60. The van der Waals surface area contributed by atoms with Crippen LogP contribution in [0.1, 0.15) is 206 Å². The van der Waals surface area contributed by atoms with Crippen LogP contribution in [0.4, 0.5) is 0 Å². The van der Waals surface area contributed by atoms with Gasteiger partial charge in [-0.2, -0.15) is 0 Å². The fourth-order valence-corrected chi connectivity index (χ4v) is 5.20. The van der Waals surface area contributed by atoms with E-state index in [1.54, 1.807) is 0 Å². The third-order valence-electron chi connectivity index (χ3n) is 7.77. The summed E-state index contributed by atoms with van der Waals surface area (Å²) in [5, 5.41) is 0. The van der Waals surface area contributed by atoms with E-state index in [2.05, 4.69) is 38.2 Å². The molecule has 0 amide bonds. The molecule has 0 aromatic rings. The standard InChI is InChI=1S/C36H70/c1-3-5-7-9-11-13-15-17-19-21-23-25-27-29-31-33-35-36-34-32-30-28-26-24-22-20-18-16-14-12-10-8-6-4-2/h23,25,34,36H,3-22,24,26-33,35H2,1-2H3/b25-23-,36-34?. The maximum absolute atomic E-state index is 2.45. The van der Waals surface area contributed by atoms with Gasteiger partial charge in [0.25, 0.3) is 0 Å². The van der Waals surface area contributed by atoms with Crippen molar-refractivity contribution in [3.8, 4) is 0 Å². The molecule has 36 heavy (non-hydrogen) atoms. The van der Waals surface area contributed by atoms with Crippen LogP contribution in [0.2, 0.25) is 0 Å². The molecular weight excluding hydrogens is 432 g/mol. The van der Waals surface area contributed by atoms with Crippen LogP contribution in [0.3, 0.4) is 0 Å². The molecule has 0 aromatic heterocycles. The maximum atomic E-state index is 2.45. The van der Waals surface area contributed by atoms with Crippen molar-refractivity contribution in [2.45, 2.75) is 206 Å². The first-order valence-corrected chi connectivity index (χ1v) is 17.2. The van der Waals surface area contributed by atoms with Crippen LogP contribution < -0.4 is 0 Å². The van der Waals surface area contributed by atoms with Gasteiger partial charge in [-0.25, -0.2) is 0 Å². The molecule has 0 radical (unpaired) electrons. The van der Waals surface area contributed by atoms with Crippen molar-refractivity contribution in [1.82, 2.24) is 0 Å². The summed E-state index contributed by atoms with van der Waals surface area (Å²) < 4.78 is 0. The molecule has 0 aliphatic carbocycles. The smallest absolute Gasteiger partial charge is 0.0351 e. The molecule has 0 spiro atoms. The summed E-state index contributed by atoms with van der Waals surface area (Å²) in [5.41, 5.74) is 0. The van der Waals surface area contributed by atoms with Gasteiger partial charge in [0.2, 0.25) is 0 Å². The van der Waals surface area contributed by atoms with Crippen LogP contribution in [-0.4, -0.2) is 0 Å². The van der Waals surface area contributed by atoms with Gasteiger partial charge in [-0.05, 0) is 51.4 Å². The number of hydrogen-bond donors (Lipinski definition) is 0. The van der Waals surface area contributed by atoms with Gasteiger partial charge in [0.15, 0.2) is 0 Å². The summed E-state index contributed by atoms with van der Waals surface area (Å²) >= 11 is 0. The van der Waals surface area contributed by atoms with Crippen LogP contribution >= 0.6 is 0 Å². The first kappa shape index (κ1) is 35.5. The summed E-state index contributed by atoms with van der Waals surface area (Å²) in [7, 11) is 0. The van der Waals surface area contributed by atoms with Gasteiger partial charge >= 0.3 is 0 Å². The van der Waals surface area contributed by atoms with E-state index in [0.717, 1.165) is 0 Å². The molecule has 214 valence electrons. The minimum absolute atomic E-state index is 1.29. The predicted molar refractivity (Wildman–Crippen MR) is 168 cm³/mol. The second-order valence-electron chi connectivity index (χ2n) is 11.6. The van der Waals surface area contributed by atoms with Gasteiger partial charge in [0.05, 0.1) is 0 Å². The zero-order valence-electron chi connectivity index (χ0n) is 25.5. The highest BCUT2D eigenvalue weighted by Gasteiger charge is 1.94. The van der Waals surface area contributed by atoms with E-state index in [4.69, 9.17) is 0 Å². The van der Waals surface area contributed by atoms with Crippen LogP contribution in [-0.2, 0) is 0 Å². The average Bonchev–Trinajstić information content (AvgIpc) is 2.89. The van der Waals surface area contributed by atoms with Crippen molar-refractivity contribution in [1.29, 1.82) is 0 Å². The van der Waals surface area contributed by atoms with Crippen LogP contribution in [0.5, 0.6) is 0 Å². The molecule has 0 bridgehead atoms. The molecule has 0 N–H and O–H groups in total. The van der Waals surface area contributed by atoms with E-state index in [1.165, 1.54) is 193 Å². The Morgan fingerprint density at radius 3 is 0.611 bits per heavy atom. The lowest BCUT2D eigenvalue weighted by Crippen LogP contribution is -1.83. The molecule has 0 rings (SSSR count). The number of unbranched alkanes of at least 4 members (excludes halogenated alkanes) is 27. The summed E-state index contributed by atoms with van der Waals surface area (Å²) in [5.74, 6) is 0. The molecule has 0 saturated heterocycles. The maximum Gasteiger partial charge on any atom is -0.0351 e. The fourth-order valence-electron chi connectivity index (χ4n) is 5.20. The minimum atomic E-state index is 1.29. The molecule has 0 fully saturated rings. The van der Waals surface area contributed by atoms with Crippen molar-refractivity contribution in [3.05, 3.63) is 24.3 Å². The highest BCUT2D eigenvalue weighted by atomic mass is 14.0. The lowest BCUT2D eigenvalue weighted by atomic mass is 10.0. The normalized spacial score (nSPS) is 11.9. The quantitative estimate of drug-likeness (QED) is 0.0653. The molecule has 0 aliphatic heterocycles. The Hall–Kier alpha value is -0.520. The van der Waals surface area contributed by atoms with Crippen molar-refractivity contribution in [2.75, 3.05) is 0 Å². The molecular formula is C36H70. The van der Waals surface area contributed by atoms with E-state index in [-0.39, 0.29) is 0 Å². The molecule has 0 saturated carbocycles. The topological polar surface area (TPSA) is 0 Å². The number of hydrogen-bond acceptors (Lipinski definition) is 0. The van der Waals surface area contributed by atoms with Crippen LogP contribution in [0, 0.1) is 0 Å². The Labute approximate surface area is 230 Å². The second-order valence-corrected chi connectivity index (χ2v) is 11.6. The molecule has 0 aliphatic rings. The number of rotatable bonds is 31. The highest BCUT2D eigenvalue weighted by molar-refractivity contribution is 4.83. The third-order valence-corrected chi connectivity index (χ3v) is 7.77. The van der Waals surface area contributed by atoms with Crippen molar-refractivity contribution in [3.63, 3.8) is 0 Å². The number of allylic oxidation sites excluding steroid dienone is 4. The summed E-state index contributed by atoms with van der Waals surface area (Å²) in [6.07, 6.45) is 52.4. The minimum Gasteiger partial charge on any atom is -0.0885 e. The molecule has 0 nitrogen and oxygen atoms in total. The van der Waals surface area contributed by atoms with E-state index in [9.17, 15) is 0 Å². The molecule has 0 unspecified atom stereocenters. The lowest BCUT2D eigenvalue weighted by molar-refractivity contribution is 0.536. The monoisotopic (exact) mass is 503 g/mol. The van der Waals surface area contributed by atoms with E-state index < -0.39 is 0 Å². The Morgan fingerprint density at radius 2 is 0.389 bits per heavy atom. The molecule has 0 heterocycles. The van der Waals surface area contributed by atoms with Crippen molar-refractivity contribution >= 4 is 0 Å². The van der Waals surface area contributed by atoms with Gasteiger partial charge in [-0.1, -0.05) is 179 Å². The largest absolute Gasteiger partial charge is 0.0885 e. The van der Waals surface area contributed by atoms with E-state index in [0.29, 0.717) is 0 Å². The Balaban J connectivity index is 3.13. The van der Waals surface area contributed by atoms with Crippen molar-refractivity contribution in [2.24, 2.45) is 0 Å². The Kier molecular flexibility index (Phi) is 34.0. The third kappa shape index (κ3) is 33.5.